The third kappa shape index (κ3) is 4.00. The lowest BCUT2D eigenvalue weighted by atomic mass is 9.83. The fraction of sp³-hybridized carbons (Fsp3) is 0.0222. The monoisotopic (exact) mass is 570 g/mol. The molecule has 9 aromatic carbocycles. The maximum Gasteiger partial charge on any atom is -0.00201 e. The fourth-order valence-electron chi connectivity index (χ4n) is 7.51. The van der Waals surface area contributed by atoms with Crippen LogP contribution in [0.1, 0.15) is 5.56 Å². The Kier molecular flexibility index (Phi) is 5.83. The van der Waals surface area contributed by atoms with Gasteiger partial charge in [-0.2, -0.15) is 0 Å². The van der Waals surface area contributed by atoms with Crippen molar-refractivity contribution in [3.05, 3.63) is 169 Å². The van der Waals surface area contributed by atoms with Crippen LogP contribution in [0.3, 0.4) is 0 Å². The van der Waals surface area contributed by atoms with E-state index in [1.807, 2.05) is 0 Å². The third-order valence-electron chi connectivity index (χ3n) is 9.60. The van der Waals surface area contributed by atoms with E-state index in [1.54, 1.807) is 0 Å². The molecule has 45 heavy (non-hydrogen) atoms. The molecule has 0 heteroatoms. The first-order valence-corrected chi connectivity index (χ1v) is 15.7. The molecule has 0 atom stereocenters. The third-order valence-corrected chi connectivity index (χ3v) is 9.60. The number of aryl methyl sites for hydroxylation is 1. The van der Waals surface area contributed by atoms with Crippen molar-refractivity contribution < 1.29 is 0 Å². The molecule has 0 aliphatic rings. The average Bonchev–Trinajstić information content (AvgIpc) is 3.10. The van der Waals surface area contributed by atoms with Gasteiger partial charge in [0, 0.05) is 0 Å². The highest BCUT2D eigenvalue weighted by Gasteiger charge is 2.19. The molecule has 0 fully saturated rings. The highest BCUT2D eigenvalue weighted by atomic mass is 14.2. The van der Waals surface area contributed by atoms with Crippen molar-refractivity contribution >= 4 is 53.9 Å². The first kappa shape index (κ1) is 25.7. The number of fused-ring (bicyclic) bond motifs is 5. The van der Waals surface area contributed by atoms with E-state index in [0.29, 0.717) is 0 Å². The van der Waals surface area contributed by atoms with E-state index < -0.39 is 0 Å². The second kappa shape index (κ2) is 10.2. The minimum Gasteiger partial charge on any atom is -0.0616 e. The highest BCUT2D eigenvalue weighted by Crippen LogP contribution is 2.47. The molecule has 0 nitrogen and oxygen atoms in total. The van der Waals surface area contributed by atoms with E-state index in [9.17, 15) is 0 Å². The Bertz CT molecular complexity index is 2550. The lowest BCUT2D eigenvalue weighted by Gasteiger charge is -2.20. The molecule has 0 saturated heterocycles. The van der Waals surface area contributed by atoms with Crippen LogP contribution >= 0.6 is 0 Å². The van der Waals surface area contributed by atoms with Crippen LogP contribution in [0.5, 0.6) is 0 Å². The molecule has 0 saturated carbocycles. The van der Waals surface area contributed by atoms with Crippen LogP contribution < -0.4 is 0 Å². The van der Waals surface area contributed by atoms with Gasteiger partial charge in [0.1, 0.15) is 0 Å². The van der Waals surface area contributed by atoms with Gasteiger partial charge in [0.05, 0.1) is 0 Å². The van der Waals surface area contributed by atoms with Crippen LogP contribution in [0.25, 0.3) is 87.2 Å². The van der Waals surface area contributed by atoms with Crippen molar-refractivity contribution in [2.75, 3.05) is 0 Å². The molecule has 0 N–H and O–H groups in total. The Labute approximate surface area is 262 Å². The average molecular weight is 571 g/mol. The minimum absolute atomic E-state index is 1.25. The van der Waals surface area contributed by atoms with Crippen LogP contribution in [-0.2, 0) is 0 Å². The fourth-order valence-corrected chi connectivity index (χ4v) is 7.51. The summed E-state index contributed by atoms with van der Waals surface area (Å²) in [5.74, 6) is 0. The van der Waals surface area contributed by atoms with Gasteiger partial charge in [-0.25, -0.2) is 0 Å². The summed E-state index contributed by atoms with van der Waals surface area (Å²) in [5, 5.41) is 12.8. The van der Waals surface area contributed by atoms with E-state index in [0.717, 1.165) is 0 Å². The van der Waals surface area contributed by atoms with Gasteiger partial charge >= 0.3 is 0 Å². The van der Waals surface area contributed by atoms with Gasteiger partial charge in [0.2, 0.25) is 0 Å². The molecule has 9 aromatic rings. The molecular weight excluding hydrogens is 540 g/mol. The predicted octanol–water partition coefficient (Wildman–Crippen LogP) is 12.8. The molecule has 0 aromatic heterocycles. The Morgan fingerprint density at radius 1 is 0.289 bits per heavy atom. The maximum absolute atomic E-state index is 2.36. The summed E-state index contributed by atoms with van der Waals surface area (Å²) in [6.07, 6.45) is 0. The minimum atomic E-state index is 1.25. The molecule has 0 unspecified atom stereocenters. The lowest BCUT2D eigenvalue weighted by molar-refractivity contribution is 1.53. The van der Waals surface area contributed by atoms with E-state index in [1.165, 1.54) is 92.8 Å². The van der Waals surface area contributed by atoms with Crippen molar-refractivity contribution in [1.29, 1.82) is 0 Å². The molecule has 9 rings (SSSR count). The number of hydrogen-bond donors (Lipinski definition) is 0. The SMILES string of the molecule is Cc1ccc(-c2ccc(-c3c4ccccc4c(-c4ccc5ccccc5c4)c4ccccc34)c3ccccc23)c2ccccc12. The van der Waals surface area contributed by atoms with E-state index in [-0.39, 0.29) is 0 Å². The van der Waals surface area contributed by atoms with Crippen molar-refractivity contribution in [1.82, 2.24) is 0 Å². The smallest absolute Gasteiger partial charge is 0.00201 e. The summed E-state index contributed by atoms with van der Waals surface area (Å²) >= 11 is 0. The summed E-state index contributed by atoms with van der Waals surface area (Å²) in [5.41, 5.74) is 8.96. The summed E-state index contributed by atoms with van der Waals surface area (Å²) < 4.78 is 0. The van der Waals surface area contributed by atoms with Gasteiger partial charge < -0.3 is 0 Å². The highest BCUT2D eigenvalue weighted by molar-refractivity contribution is 6.24. The largest absolute Gasteiger partial charge is 0.0616 e. The number of benzene rings is 9. The molecular formula is C45H30. The van der Waals surface area contributed by atoms with Gasteiger partial charge in [-0.15, -0.1) is 0 Å². The molecule has 0 aliphatic heterocycles. The van der Waals surface area contributed by atoms with Gasteiger partial charge in [0.25, 0.3) is 0 Å². The second-order valence-electron chi connectivity index (χ2n) is 12.1. The Balaban J connectivity index is 1.36. The quantitative estimate of drug-likeness (QED) is 0.185. The van der Waals surface area contributed by atoms with Crippen LogP contribution in [0.4, 0.5) is 0 Å². The first-order chi connectivity index (χ1) is 22.3. The van der Waals surface area contributed by atoms with Crippen molar-refractivity contribution in [2.24, 2.45) is 0 Å². The van der Waals surface area contributed by atoms with Gasteiger partial charge in [-0.1, -0.05) is 158 Å². The zero-order valence-electron chi connectivity index (χ0n) is 25.1. The van der Waals surface area contributed by atoms with E-state index >= 15 is 0 Å². The molecule has 0 amide bonds. The van der Waals surface area contributed by atoms with E-state index in [2.05, 4.69) is 171 Å². The summed E-state index contributed by atoms with van der Waals surface area (Å²) in [4.78, 5) is 0. The van der Waals surface area contributed by atoms with Gasteiger partial charge in [-0.3, -0.25) is 0 Å². The first-order valence-electron chi connectivity index (χ1n) is 15.7. The zero-order chi connectivity index (χ0) is 29.9. The van der Waals surface area contributed by atoms with Crippen LogP contribution in [0.15, 0.2) is 164 Å². The van der Waals surface area contributed by atoms with Gasteiger partial charge in [0.15, 0.2) is 0 Å². The van der Waals surface area contributed by atoms with Crippen LogP contribution in [0, 0.1) is 6.92 Å². The summed E-state index contributed by atoms with van der Waals surface area (Å²) in [6.45, 7) is 2.20. The van der Waals surface area contributed by atoms with Crippen molar-refractivity contribution in [2.45, 2.75) is 6.92 Å². The molecule has 0 aliphatic carbocycles. The van der Waals surface area contributed by atoms with Crippen molar-refractivity contribution in [3.63, 3.8) is 0 Å². The lowest BCUT2D eigenvalue weighted by Crippen LogP contribution is -1.93. The Morgan fingerprint density at radius 3 is 1.33 bits per heavy atom. The molecule has 0 bridgehead atoms. The second-order valence-corrected chi connectivity index (χ2v) is 12.1. The predicted molar refractivity (Wildman–Crippen MR) is 195 cm³/mol. The summed E-state index contributed by atoms with van der Waals surface area (Å²) in [7, 11) is 0. The van der Waals surface area contributed by atoms with Crippen LogP contribution in [-0.4, -0.2) is 0 Å². The molecule has 0 heterocycles. The van der Waals surface area contributed by atoms with E-state index in [4.69, 9.17) is 0 Å². The summed E-state index contributed by atoms with van der Waals surface area (Å²) in [6, 6.07) is 60.4. The van der Waals surface area contributed by atoms with Crippen LogP contribution in [0.2, 0.25) is 0 Å². The zero-order valence-corrected chi connectivity index (χ0v) is 25.1. The molecule has 210 valence electrons. The molecule has 0 radical (unpaired) electrons. The normalized spacial score (nSPS) is 11.7. The standard InChI is InChI=1S/C45H30/c1-29-22-25-37(34-15-5-4-14-33(29)34)38-26-27-43(36-17-7-6-16-35(36)38)45-41-20-10-8-18-39(41)44(40-19-9-11-21-42(40)45)32-24-23-30-12-2-3-13-31(30)28-32/h2-28H,1H3. The Morgan fingerprint density at radius 2 is 0.711 bits per heavy atom. The topological polar surface area (TPSA) is 0 Å². The van der Waals surface area contributed by atoms with Crippen molar-refractivity contribution in [3.8, 4) is 33.4 Å². The number of hydrogen-bond acceptors (Lipinski definition) is 0. The number of rotatable bonds is 3. The Hall–Kier alpha value is -5.72. The maximum atomic E-state index is 2.36. The molecule has 0 spiro atoms. The van der Waals surface area contributed by atoms with Gasteiger partial charge in [-0.05, 0) is 106 Å².